The van der Waals surface area contributed by atoms with E-state index in [9.17, 15) is 8.42 Å². The third-order valence-corrected chi connectivity index (χ3v) is 5.64. The van der Waals surface area contributed by atoms with E-state index in [4.69, 9.17) is 0 Å². The second-order valence-electron chi connectivity index (χ2n) is 5.59. The van der Waals surface area contributed by atoms with Crippen molar-refractivity contribution in [1.29, 1.82) is 0 Å². The Morgan fingerprint density at radius 1 is 1.37 bits per heavy atom. The molecule has 0 bridgehead atoms. The first kappa shape index (κ1) is 12.9. The topological polar surface area (TPSA) is 71.1 Å². The molecule has 1 aromatic heterocycles. The van der Waals surface area contributed by atoms with Crippen LogP contribution in [-0.2, 0) is 10.0 Å². The van der Waals surface area contributed by atoms with Crippen molar-refractivity contribution in [1.82, 2.24) is 9.71 Å². The maximum absolute atomic E-state index is 12.2. The predicted molar refractivity (Wildman–Crippen MR) is 73.4 cm³/mol. The summed E-state index contributed by atoms with van der Waals surface area (Å²) in [4.78, 5) is 4.28. The molecule has 2 fully saturated rings. The minimum atomic E-state index is -3.42. The number of nitrogens with one attached hydrogen (secondary N) is 2. The monoisotopic (exact) mass is 281 g/mol. The summed E-state index contributed by atoms with van der Waals surface area (Å²) < 4.78 is 27.1. The Morgan fingerprint density at radius 2 is 2.11 bits per heavy atom. The standard InChI is InChI=1S/C13H19N3O2S/c1-14-12-5-4-11(8-15-12)19(17,18)16-9-13(6-7-13)10-2-3-10/h4-5,8,10,16H,2-3,6-7,9H2,1H3,(H,14,15). The zero-order valence-corrected chi connectivity index (χ0v) is 11.8. The summed E-state index contributed by atoms with van der Waals surface area (Å²) in [7, 11) is -1.67. The first-order valence-corrected chi connectivity index (χ1v) is 8.18. The van der Waals surface area contributed by atoms with E-state index in [0.717, 1.165) is 18.8 Å². The molecule has 5 nitrogen and oxygen atoms in total. The molecule has 3 rings (SSSR count). The van der Waals surface area contributed by atoms with Crippen LogP contribution in [0.1, 0.15) is 25.7 Å². The normalized spacial score (nSPS) is 21.1. The van der Waals surface area contributed by atoms with Crippen molar-refractivity contribution in [3.05, 3.63) is 18.3 Å². The third kappa shape index (κ3) is 2.60. The molecule has 19 heavy (non-hydrogen) atoms. The van der Waals surface area contributed by atoms with Crippen LogP contribution in [0.3, 0.4) is 0 Å². The maximum Gasteiger partial charge on any atom is 0.242 e. The van der Waals surface area contributed by atoms with Crippen LogP contribution in [0.15, 0.2) is 23.2 Å². The first-order chi connectivity index (χ1) is 9.06. The summed E-state index contributed by atoms with van der Waals surface area (Å²) in [6, 6.07) is 3.25. The molecule has 0 amide bonds. The Labute approximate surface area is 113 Å². The average molecular weight is 281 g/mol. The minimum absolute atomic E-state index is 0.234. The van der Waals surface area contributed by atoms with Crippen LogP contribution in [0.25, 0.3) is 0 Å². The van der Waals surface area contributed by atoms with E-state index < -0.39 is 10.0 Å². The van der Waals surface area contributed by atoms with Crippen molar-refractivity contribution in [3.8, 4) is 0 Å². The zero-order valence-electron chi connectivity index (χ0n) is 11.0. The van der Waals surface area contributed by atoms with Gasteiger partial charge in [0.25, 0.3) is 0 Å². The van der Waals surface area contributed by atoms with Crippen LogP contribution in [-0.4, -0.2) is 27.0 Å². The van der Waals surface area contributed by atoms with E-state index in [2.05, 4.69) is 15.0 Å². The molecule has 1 aromatic rings. The number of anilines is 1. The molecule has 0 aromatic carbocycles. The zero-order chi connectivity index (χ0) is 13.5. The van der Waals surface area contributed by atoms with Crippen LogP contribution in [0.2, 0.25) is 0 Å². The van der Waals surface area contributed by atoms with Gasteiger partial charge in [0.05, 0.1) is 0 Å². The summed E-state index contributed by atoms with van der Waals surface area (Å²) in [5, 5.41) is 2.87. The van der Waals surface area contributed by atoms with E-state index in [0.29, 0.717) is 12.4 Å². The minimum Gasteiger partial charge on any atom is -0.373 e. The highest BCUT2D eigenvalue weighted by molar-refractivity contribution is 7.89. The van der Waals surface area contributed by atoms with Crippen LogP contribution in [0.5, 0.6) is 0 Å². The highest BCUT2D eigenvalue weighted by Gasteiger charge is 2.53. The quantitative estimate of drug-likeness (QED) is 0.830. The SMILES string of the molecule is CNc1ccc(S(=O)(=O)NCC2(C3CC3)CC2)cn1. The van der Waals surface area contributed by atoms with Gasteiger partial charge in [0.2, 0.25) is 10.0 Å². The van der Waals surface area contributed by atoms with Gasteiger partial charge in [-0.25, -0.2) is 18.1 Å². The van der Waals surface area contributed by atoms with E-state index in [1.807, 2.05) is 0 Å². The molecule has 0 radical (unpaired) electrons. The number of hydrogen-bond donors (Lipinski definition) is 2. The van der Waals surface area contributed by atoms with E-state index in [-0.39, 0.29) is 10.3 Å². The average Bonchev–Trinajstić information content (AvgIpc) is 3.29. The second-order valence-corrected chi connectivity index (χ2v) is 7.36. The van der Waals surface area contributed by atoms with E-state index >= 15 is 0 Å². The largest absolute Gasteiger partial charge is 0.373 e. The number of nitrogens with zero attached hydrogens (tertiary/aromatic N) is 1. The lowest BCUT2D eigenvalue weighted by Crippen LogP contribution is -2.31. The molecule has 0 saturated heterocycles. The van der Waals surface area contributed by atoms with Gasteiger partial charge in [0.1, 0.15) is 10.7 Å². The highest BCUT2D eigenvalue weighted by Crippen LogP contribution is 2.60. The smallest absolute Gasteiger partial charge is 0.242 e. The van der Waals surface area contributed by atoms with E-state index in [1.54, 1.807) is 19.2 Å². The second kappa shape index (κ2) is 4.45. The Balaban J connectivity index is 1.67. The molecule has 1 heterocycles. The van der Waals surface area contributed by atoms with Gasteiger partial charge in [0, 0.05) is 19.8 Å². The number of sulfonamides is 1. The lowest BCUT2D eigenvalue weighted by molar-refractivity contribution is 0.432. The number of rotatable bonds is 6. The van der Waals surface area contributed by atoms with Crippen LogP contribution in [0.4, 0.5) is 5.82 Å². The van der Waals surface area contributed by atoms with Gasteiger partial charge in [0.15, 0.2) is 0 Å². The van der Waals surface area contributed by atoms with Gasteiger partial charge in [-0.05, 0) is 49.1 Å². The van der Waals surface area contributed by atoms with Crippen molar-refractivity contribution in [2.45, 2.75) is 30.6 Å². The summed E-state index contributed by atoms with van der Waals surface area (Å²) in [6.07, 6.45) is 6.25. The van der Waals surface area contributed by atoms with Crippen molar-refractivity contribution < 1.29 is 8.42 Å². The lowest BCUT2D eigenvalue weighted by atomic mass is 10.0. The first-order valence-electron chi connectivity index (χ1n) is 6.69. The van der Waals surface area contributed by atoms with Gasteiger partial charge < -0.3 is 5.32 Å². The summed E-state index contributed by atoms with van der Waals surface area (Å²) in [6.45, 7) is 0.577. The molecular weight excluding hydrogens is 262 g/mol. The highest BCUT2D eigenvalue weighted by atomic mass is 32.2. The van der Waals surface area contributed by atoms with Gasteiger partial charge >= 0.3 is 0 Å². The Morgan fingerprint density at radius 3 is 2.58 bits per heavy atom. The van der Waals surface area contributed by atoms with Crippen molar-refractivity contribution in [2.24, 2.45) is 11.3 Å². The van der Waals surface area contributed by atoms with Gasteiger partial charge in [-0.15, -0.1) is 0 Å². The Bertz CT molecular complexity index is 560. The molecule has 0 atom stereocenters. The van der Waals surface area contributed by atoms with Crippen molar-refractivity contribution in [3.63, 3.8) is 0 Å². The fourth-order valence-corrected chi connectivity index (χ4v) is 3.68. The van der Waals surface area contributed by atoms with E-state index in [1.165, 1.54) is 19.0 Å². The van der Waals surface area contributed by atoms with Crippen LogP contribution >= 0.6 is 0 Å². The molecular formula is C13H19N3O2S. The predicted octanol–water partition coefficient (Wildman–Crippen LogP) is 1.59. The van der Waals surface area contributed by atoms with Gasteiger partial charge in [-0.1, -0.05) is 0 Å². The molecule has 0 spiro atoms. The van der Waals surface area contributed by atoms with Crippen molar-refractivity contribution in [2.75, 3.05) is 18.9 Å². The number of hydrogen-bond acceptors (Lipinski definition) is 4. The summed E-state index contributed by atoms with van der Waals surface area (Å²) >= 11 is 0. The molecule has 2 N–H and O–H groups in total. The van der Waals surface area contributed by atoms with Gasteiger partial charge in [-0.3, -0.25) is 0 Å². The van der Waals surface area contributed by atoms with Crippen LogP contribution < -0.4 is 10.0 Å². The Hall–Kier alpha value is -1.14. The number of aromatic nitrogens is 1. The fraction of sp³-hybridized carbons (Fsp3) is 0.615. The lowest BCUT2D eigenvalue weighted by Gasteiger charge is -2.15. The third-order valence-electron chi connectivity index (χ3n) is 4.25. The summed E-state index contributed by atoms with van der Waals surface area (Å²) in [5.41, 5.74) is 0.269. The Kier molecular flexibility index (Phi) is 3.02. The molecule has 0 unspecified atom stereocenters. The summed E-state index contributed by atoms with van der Waals surface area (Å²) in [5.74, 6) is 1.41. The fourth-order valence-electron chi connectivity index (χ4n) is 2.59. The molecule has 2 aliphatic rings. The van der Waals surface area contributed by atoms with Crippen LogP contribution in [0, 0.1) is 11.3 Å². The maximum atomic E-state index is 12.2. The molecule has 0 aliphatic heterocycles. The van der Waals surface area contributed by atoms with Crippen molar-refractivity contribution >= 4 is 15.8 Å². The number of pyridine rings is 1. The molecule has 6 heteroatoms. The molecule has 2 saturated carbocycles. The molecule has 2 aliphatic carbocycles. The molecule has 104 valence electrons. The van der Waals surface area contributed by atoms with Gasteiger partial charge in [-0.2, -0.15) is 0 Å².